The van der Waals surface area contributed by atoms with E-state index in [-0.39, 0.29) is 22.7 Å². The van der Waals surface area contributed by atoms with Crippen LogP contribution in [0.15, 0.2) is 35.2 Å². The molecule has 2 aromatic rings. The SMILES string of the molecule is CC(=O)N(C)c1nc(/C=C(\C#N)C(=O)c2ccc(C(C)(C)C)cc2)cs1. The average molecular weight is 367 g/mol. The van der Waals surface area contributed by atoms with Gasteiger partial charge in [-0.05, 0) is 17.1 Å². The monoisotopic (exact) mass is 367 g/mol. The Morgan fingerprint density at radius 1 is 1.23 bits per heavy atom. The van der Waals surface area contributed by atoms with Crippen molar-refractivity contribution in [2.75, 3.05) is 11.9 Å². The van der Waals surface area contributed by atoms with Crippen molar-refractivity contribution in [2.24, 2.45) is 0 Å². The third kappa shape index (κ3) is 4.44. The van der Waals surface area contributed by atoms with Crippen LogP contribution in [0, 0.1) is 11.3 Å². The number of rotatable bonds is 4. The van der Waals surface area contributed by atoms with Crippen molar-refractivity contribution in [3.05, 3.63) is 52.0 Å². The van der Waals surface area contributed by atoms with Gasteiger partial charge in [-0.2, -0.15) is 5.26 Å². The molecule has 2 rings (SSSR count). The number of hydrogen-bond donors (Lipinski definition) is 0. The summed E-state index contributed by atoms with van der Waals surface area (Å²) in [6, 6.07) is 9.25. The van der Waals surface area contributed by atoms with Crippen molar-refractivity contribution < 1.29 is 9.59 Å². The lowest BCUT2D eigenvalue weighted by atomic mass is 9.86. The molecule has 0 aliphatic heterocycles. The summed E-state index contributed by atoms with van der Waals surface area (Å²) in [7, 11) is 1.63. The van der Waals surface area contributed by atoms with E-state index in [9.17, 15) is 14.9 Å². The third-order valence-electron chi connectivity index (χ3n) is 3.94. The summed E-state index contributed by atoms with van der Waals surface area (Å²) >= 11 is 1.28. The fourth-order valence-electron chi connectivity index (χ4n) is 2.20. The summed E-state index contributed by atoms with van der Waals surface area (Å²) in [5, 5.41) is 11.6. The molecule has 0 unspecified atom stereocenters. The van der Waals surface area contributed by atoms with Crippen LogP contribution in [0.2, 0.25) is 0 Å². The smallest absolute Gasteiger partial charge is 0.225 e. The molecule has 0 saturated carbocycles. The second kappa shape index (κ2) is 7.63. The van der Waals surface area contributed by atoms with E-state index in [4.69, 9.17) is 0 Å². The highest BCUT2D eigenvalue weighted by molar-refractivity contribution is 7.14. The van der Waals surface area contributed by atoms with Crippen LogP contribution in [0.4, 0.5) is 5.13 Å². The number of aromatic nitrogens is 1. The molecule has 1 aromatic carbocycles. The molecule has 0 radical (unpaired) electrons. The maximum Gasteiger partial charge on any atom is 0.225 e. The molecule has 0 aliphatic rings. The molecule has 1 amide bonds. The van der Waals surface area contributed by atoms with E-state index < -0.39 is 0 Å². The zero-order valence-electron chi connectivity index (χ0n) is 15.5. The second-order valence-corrected chi connectivity index (χ2v) is 7.80. The van der Waals surface area contributed by atoms with Crippen molar-refractivity contribution in [1.82, 2.24) is 4.98 Å². The molecule has 0 N–H and O–H groups in total. The van der Waals surface area contributed by atoms with Crippen LogP contribution in [0.5, 0.6) is 0 Å². The van der Waals surface area contributed by atoms with Gasteiger partial charge in [0.2, 0.25) is 11.7 Å². The van der Waals surface area contributed by atoms with E-state index in [1.54, 1.807) is 24.6 Å². The fourth-order valence-corrected chi connectivity index (χ4v) is 3.00. The van der Waals surface area contributed by atoms with Crippen LogP contribution in [0.3, 0.4) is 0 Å². The van der Waals surface area contributed by atoms with Gasteiger partial charge in [0.25, 0.3) is 0 Å². The summed E-state index contributed by atoms with van der Waals surface area (Å²) in [5.41, 5.74) is 2.06. The predicted octanol–water partition coefficient (Wildman–Crippen LogP) is 4.21. The minimum Gasteiger partial charge on any atom is -0.291 e. The zero-order valence-corrected chi connectivity index (χ0v) is 16.3. The number of carbonyl (C=O) groups is 2. The van der Waals surface area contributed by atoms with Gasteiger partial charge in [0.1, 0.15) is 11.6 Å². The lowest BCUT2D eigenvalue weighted by Crippen LogP contribution is -2.22. The van der Waals surface area contributed by atoms with Crippen LogP contribution in [-0.2, 0) is 10.2 Å². The number of nitrogens with zero attached hydrogens (tertiary/aromatic N) is 3. The number of thiazole rings is 1. The Kier molecular flexibility index (Phi) is 5.73. The molecule has 0 saturated heterocycles. The maximum atomic E-state index is 12.6. The van der Waals surface area contributed by atoms with Crippen LogP contribution in [0.25, 0.3) is 6.08 Å². The van der Waals surface area contributed by atoms with Crippen LogP contribution in [-0.4, -0.2) is 23.7 Å². The maximum absolute atomic E-state index is 12.6. The number of carbonyl (C=O) groups excluding carboxylic acids is 2. The van der Waals surface area contributed by atoms with E-state index in [1.807, 2.05) is 18.2 Å². The van der Waals surface area contributed by atoms with Gasteiger partial charge in [-0.25, -0.2) is 4.98 Å². The number of nitriles is 1. The van der Waals surface area contributed by atoms with Gasteiger partial charge in [0.15, 0.2) is 5.13 Å². The van der Waals surface area contributed by atoms with Gasteiger partial charge in [-0.3, -0.25) is 14.5 Å². The number of allylic oxidation sites excluding steroid dienone is 1. The second-order valence-electron chi connectivity index (χ2n) is 6.96. The molecule has 0 atom stereocenters. The molecule has 134 valence electrons. The summed E-state index contributed by atoms with van der Waals surface area (Å²) in [5.74, 6) is -0.479. The Morgan fingerprint density at radius 3 is 2.35 bits per heavy atom. The Bertz CT molecular complexity index is 896. The molecule has 1 aromatic heterocycles. The Labute approximate surface area is 157 Å². The van der Waals surface area contributed by atoms with Crippen molar-refractivity contribution in [3.8, 4) is 6.07 Å². The van der Waals surface area contributed by atoms with Crippen molar-refractivity contribution in [2.45, 2.75) is 33.1 Å². The van der Waals surface area contributed by atoms with Gasteiger partial charge in [-0.15, -0.1) is 11.3 Å². The van der Waals surface area contributed by atoms with E-state index >= 15 is 0 Å². The molecular weight excluding hydrogens is 346 g/mol. The number of hydrogen-bond acceptors (Lipinski definition) is 5. The highest BCUT2D eigenvalue weighted by Gasteiger charge is 2.17. The van der Waals surface area contributed by atoms with Crippen molar-refractivity contribution >= 4 is 34.2 Å². The highest BCUT2D eigenvalue weighted by Crippen LogP contribution is 2.24. The molecule has 5 nitrogen and oxygen atoms in total. The quantitative estimate of drug-likeness (QED) is 0.461. The summed E-state index contributed by atoms with van der Waals surface area (Å²) in [6.45, 7) is 7.75. The van der Waals surface area contributed by atoms with Gasteiger partial charge in [0.05, 0.1) is 5.69 Å². The number of benzene rings is 1. The summed E-state index contributed by atoms with van der Waals surface area (Å²) < 4.78 is 0. The zero-order chi connectivity index (χ0) is 19.5. The largest absolute Gasteiger partial charge is 0.291 e. The summed E-state index contributed by atoms with van der Waals surface area (Å²) in [4.78, 5) is 29.7. The number of amides is 1. The number of ketones is 1. The first-order chi connectivity index (χ1) is 12.1. The topological polar surface area (TPSA) is 74.1 Å². The number of anilines is 1. The molecule has 1 heterocycles. The van der Waals surface area contributed by atoms with Gasteiger partial charge >= 0.3 is 0 Å². The average Bonchev–Trinajstić information content (AvgIpc) is 3.06. The van der Waals surface area contributed by atoms with E-state index in [1.165, 1.54) is 29.2 Å². The normalized spacial score (nSPS) is 11.8. The minimum atomic E-state index is -0.345. The molecule has 0 bridgehead atoms. The van der Waals surface area contributed by atoms with Gasteiger partial charge in [-0.1, -0.05) is 45.0 Å². The minimum absolute atomic E-state index is 0.00475. The lowest BCUT2D eigenvalue weighted by molar-refractivity contribution is -0.116. The van der Waals surface area contributed by atoms with Crippen molar-refractivity contribution in [1.29, 1.82) is 5.26 Å². The fraction of sp³-hybridized carbons (Fsp3) is 0.300. The lowest BCUT2D eigenvalue weighted by Gasteiger charge is -2.18. The molecule has 26 heavy (non-hydrogen) atoms. The molecule has 0 aliphatic carbocycles. The highest BCUT2D eigenvalue weighted by atomic mass is 32.1. The third-order valence-corrected chi connectivity index (χ3v) is 4.87. The Hall–Kier alpha value is -2.78. The number of Topliss-reactive ketones (excluding diaryl/α,β-unsaturated/α-hetero) is 1. The summed E-state index contributed by atoms with van der Waals surface area (Å²) in [6.07, 6.45) is 1.45. The first-order valence-corrected chi connectivity index (χ1v) is 8.98. The van der Waals surface area contributed by atoms with E-state index in [0.717, 1.165) is 5.56 Å². The van der Waals surface area contributed by atoms with Crippen LogP contribution >= 0.6 is 11.3 Å². The molecular formula is C20H21N3O2S. The molecule has 6 heteroatoms. The Morgan fingerprint density at radius 2 is 1.85 bits per heavy atom. The van der Waals surface area contributed by atoms with Gasteiger partial charge < -0.3 is 0 Å². The van der Waals surface area contributed by atoms with Gasteiger partial charge in [0, 0.05) is 24.9 Å². The first-order valence-electron chi connectivity index (χ1n) is 8.10. The first kappa shape index (κ1) is 19.5. The standard InChI is InChI=1S/C20H21N3O2S/c1-13(24)23(5)19-22-17(12-26-19)10-15(11-21)18(25)14-6-8-16(9-7-14)20(2,3)4/h6-10,12H,1-5H3/b15-10+. The predicted molar refractivity (Wildman–Crippen MR) is 104 cm³/mol. The van der Waals surface area contributed by atoms with E-state index in [0.29, 0.717) is 16.4 Å². The van der Waals surface area contributed by atoms with Crippen molar-refractivity contribution in [3.63, 3.8) is 0 Å². The van der Waals surface area contributed by atoms with Crippen LogP contribution < -0.4 is 4.90 Å². The van der Waals surface area contributed by atoms with Crippen LogP contribution in [0.1, 0.15) is 49.3 Å². The Balaban J connectivity index is 2.28. The molecule has 0 fully saturated rings. The van der Waals surface area contributed by atoms with E-state index in [2.05, 4.69) is 25.8 Å². The molecule has 0 spiro atoms.